The molecule has 0 aliphatic carbocycles. The van der Waals surface area contributed by atoms with E-state index in [-0.39, 0.29) is 0 Å². The molecule has 0 spiro atoms. The van der Waals surface area contributed by atoms with Gasteiger partial charge in [0.15, 0.2) is 0 Å². The Labute approximate surface area is 79.7 Å². The van der Waals surface area contributed by atoms with Crippen molar-refractivity contribution in [1.82, 2.24) is 4.90 Å². The van der Waals surface area contributed by atoms with Gasteiger partial charge in [0, 0.05) is 18.0 Å². The summed E-state index contributed by atoms with van der Waals surface area (Å²) < 4.78 is 6.03. The first kappa shape index (κ1) is 11.0. The van der Waals surface area contributed by atoms with Crippen LogP contribution in [0.5, 0.6) is 0 Å². The number of rotatable bonds is 5. The summed E-state index contributed by atoms with van der Waals surface area (Å²) in [4.78, 5) is 11.4. The average molecular weight is 273 g/mol. The standard InChI is InChI=1S/C6H12INO3/c1-8(6(9)10)3-5-11-4-2-7/h2-5H2,1H3,(H,9,10). The summed E-state index contributed by atoms with van der Waals surface area (Å²) in [5.74, 6) is 0. The summed E-state index contributed by atoms with van der Waals surface area (Å²) in [7, 11) is 1.52. The van der Waals surface area contributed by atoms with Gasteiger partial charge in [0.2, 0.25) is 0 Å². The molecule has 0 atom stereocenters. The molecule has 11 heavy (non-hydrogen) atoms. The van der Waals surface area contributed by atoms with Gasteiger partial charge in [-0.3, -0.25) is 0 Å². The molecule has 0 aliphatic rings. The Balaban J connectivity index is 3.17. The van der Waals surface area contributed by atoms with Crippen molar-refractivity contribution >= 4 is 28.7 Å². The SMILES string of the molecule is CN(CCOCCI)C(=O)O. The summed E-state index contributed by atoms with van der Waals surface area (Å²) in [6.45, 7) is 1.60. The van der Waals surface area contributed by atoms with Gasteiger partial charge in [-0.1, -0.05) is 22.6 Å². The maximum absolute atomic E-state index is 10.2. The van der Waals surface area contributed by atoms with E-state index in [4.69, 9.17) is 9.84 Å². The van der Waals surface area contributed by atoms with E-state index >= 15 is 0 Å². The van der Waals surface area contributed by atoms with Crippen molar-refractivity contribution in [2.75, 3.05) is 31.2 Å². The minimum atomic E-state index is -0.914. The summed E-state index contributed by atoms with van der Waals surface area (Å²) >= 11 is 2.20. The second-order valence-electron chi connectivity index (χ2n) is 2.01. The van der Waals surface area contributed by atoms with E-state index in [1.54, 1.807) is 0 Å². The number of nitrogens with zero attached hydrogens (tertiary/aromatic N) is 1. The maximum atomic E-state index is 10.2. The first-order valence-corrected chi connectivity index (χ1v) is 4.78. The van der Waals surface area contributed by atoms with E-state index in [1.807, 2.05) is 0 Å². The lowest BCUT2D eigenvalue weighted by Crippen LogP contribution is -2.28. The van der Waals surface area contributed by atoms with Crippen LogP contribution in [0.25, 0.3) is 0 Å². The molecule has 0 aromatic carbocycles. The molecule has 0 unspecified atom stereocenters. The highest BCUT2D eigenvalue weighted by Gasteiger charge is 2.02. The lowest BCUT2D eigenvalue weighted by molar-refractivity contribution is 0.112. The third-order valence-electron chi connectivity index (χ3n) is 1.12. The first-order chi connectivity index (χ1) is 5.18. The van der Waals surface area contributed by atoms with E-state index in [0.717, 1.165) is 4.43 Å². The Morgan fingerprint density at radius 3 is 2.73 bits per heavy atom. The molecule has 66 valence electrons. The third kappa shape index (κ3) is 6.36. The Hall–Kier alpha value is -0.0400. The van der Waals surface area contributed by atoms with Crippen molar-refractivity contribution < 1.29 is 14.6 Å². The lowest BCUT2D eigenvalue weighted by Gasteiger charge is -2.11. The van der Waals surface area contributed by atoms with Gasteiger partial charge < -0.3 is 14.7 Å². The average Bonchev–Trinajstić information content (AvgIpc) is 1.97. The van der Waals surface area contributed by atoms with Crippen LogP contribution in [0.1, 0.15) is 0 Å². The van der Waals surface area contributed by atoms with Crippen molar-refractivity contribution in [3.05, 3.63) is 0 Å². The number of likely N-dealkylation sites (N-methyl/N-ethyl adjacent to an activating group) is 1. The number of hydrogen-bond donors (Lipinski definition) is 1. The molecular formula is C6H12INO3. The molecule has 0 aliphatic heterocycles. The predicted molar refractivity (Wildman–Crippen MR) is 50.4 cm³/mol. The molecule has 4 nitrogen and oxygen atoms in total. The van der Waals surface area contributed by atoms with Gasteiger partial charge in [0.25, 0.3) is 0 Å². The highest BCUT2D eigenvalue weighted by molar-refractivity contribution is 14.1. The molecule has 1 N–H and O–H groups in total. The van der Waals surface area contributed by atoms with Crippen LogP contribution in [0.2, 0.25) is 0 Å². The van der Waals surface area contributed by atoms with Gasteiger partial charge in [-0.05, 0) is 0 Å². The van der Waals surface area contributed by atoms with E-state index < -0.39 is 6.09 Å². The highest BCUT2D eigenvalue weighted by atomic mass is 127. The van der Waals surface area contributed by atoms with Crippen molar-refractivity contribution in [3.63, 3.8) is 0 Å². The van der Waals surface area contributed by atoms with E-state index in [0.29, 0.717) is 19.8 Å². The van der Waals surface area contributed by atoms with Gasteiger partial charge in [0.05, 0.1) is 13.2 Å². The Morgan fingerprint density at radius 2 is 2.27 bits per heavy atom. The fraction of sp³-hybridized carbons (Fsp3) is 0.833. The molecule has 0 saturated carbocycles. The zero-order valence-corrected chi connectivity index (χ0v) is 8.57. The van der Waals surface area contributed by atoms with Crippen LogP contribution in [0.3, 0.4) is 0 Å². The van der Waals surface area contributed by atoms with E-state index in [1.165, 1.54) is 11.9 Å². The van der Waals surface area contributed by atoms with Crippen molar-refractivity contribution in [3.8, 4) is 0 Å². The Bertz CT molecular complexity index is 120. The Kier molecular flexibility index (Phi) is 6.63. The van der Waals surface area contributed by atoms with Crippen LogP contribution in [0, 0.1) is 0 Å². The zero-order chi connectivity index (χ0) is 8.69. The molecular weight excluding hydrogens is 261 g/mol. The van der Waals surface area contributed by atoms with Gasteiger partial charge in [0.1, 0.15) is 0 Å². The van der Waals surface area contributed by atoms with Crippen LogP contribution in [0.15, 0.2) is 0 Å². The first-order valence-electron chi connectivity index (χ1n) is 3.26. The number of alkyl halides is 1. The molecule has 0 aromatic rings. The number of carbonyl (C=O) groups is 1. The monoisotopic (exact) mass is 273 g/mol. The van der Waals surface area contributed by atoms with Crippen molar-refractivity contribution in [1.29, 1.82) is 0 Å². The van der Waals surface area contributed by atoms with Crippen molar-refractivity contribution in [2.45, 2.75) is 0 Å². The molecule has 0 heterocycles. The fourth-order valence-electron chi connectivity index (χ4n) is 0.454. The van der Waals surface area contributed by atoms with Crippen LogP contribution in [0.4, 0.5) is 4.79 Å². The quantitative estimate of drug-likeness (QED) is 0.462. The van der Waals surface area contributed by atoms with Crippen LogP contribution in [-0.4, -0.2) is 47.3 Å². The van der Waals surface area contributed by atoms with Gasteiger partial charge in [-0.2, -0.15) is 0 Å². The largest absolute Gasteiger partial charge is 0.465 e. The molecule has 0 radical (unpaired) electrons. The third-order valence-corrected chi connectivity index (χ3v) is 1.56. The molecule has 0 rings (SSSR count). The van der Waals surface area contributed by atoms with Gasteiger partial charge in [-0.15, -0.1) is 0 Å². The second kappa shape index (κ2) is 6.66. The summed E-state index contributed by atoms with van der Waals surface area (Å²) in [6.07, 6.45) is -0.914. The number of amides is 1. The van der Waals surface area contributed by atoms with E-state index in [2.05, 4.69) is 22.6 Å². The predicted octanol–water partition coefficient (Wildman–Crippen LogP) is 1.05. The summed E-state index contributed by atoms with van der Waals surface area (Å²) in [5, 5.41) is 8.41. The van der Waals surface area contributed by atoms with E-state index in [9.17, 15) is 4.79 Å². The summed E-state index contributed by atoms with van der Waals surface area (Å²) in [5.41, 5.74) is 0. The van der Waals surface area contributed by atoms with Gasteiger partial charge in [-0.25, -0.2) is 4.79 Å². The molecule has 0 saturated heterocycles. The molecule has 5 heteroatoms. The minimum Gasteiger partial charge on any atom is -0.465 e. The minimum absolute atomic E-state index is 0.436. The maximum Gasteiger partial charge on any atom is 0.407 e. The fourth-order valence-corrected chi connectivity index (χ4v) is 0.765. The zero-order valence-electron chi connectivity index (χ0n) is 6.42. The summed E-state index contributed by atoms with van der Waals surface area (Å²) in [6, 6.07) is 0. The highest BCUT2D eigenvalue weighted by Crippen LogP contribution is 1.86. The Morgan fingerprint density at radius 1 is 1.64 bits per heavy atom. The van der Waals surface area contributed by atoms with Crippen LogP contribution in [-0.2, 0) is 4.74 Å². The molecule has 0 bridgehead atoms. The molecule has 0 aromatic heterocycles. The molecule has 0 fully saturated rings. The topological polar surface area (TPSA) is 49.8 Å². The number of halogens is 1. The van der Waals surface area contributed by atoms with Crippen molar-refractivity contribution in [2.24, 2.45) is 0 Å². The van der Waals surface area contributed by atoms with Crippen LogP contribution >= 0.6 is 22.6 Å². The lowest BCUT2D eigenvalue weighted by atomic mass is 10.6. The van der Waals surface area contributed by atoms with Gasteiger partial charge >= 0.3 is 6.09 Å². The smallest absolute Gasteiger partial charge is 0.407 e. The normalized spacial score (nSPS) is 9.64. The number of ether oxygens (including phenoxy) is 1. The van der Waals surface area contributed by atoms with Crippen LogP contribution < -0.4 is 0 Å². The number of carboxylic acid groups (broad SMARTS) is 1. The second-order valence-corrected chi connectivity index (χ2v) is 3.08. The number of hydrogen-bond acceptors (Lipinski definition) is 2. The molecule has 1 amide bonds.